The second-order valence-corrected chi connectivity index (χ2v) is 6.51. The molecule has 0 bridgehead atoms. The van der Waals surface area contributed by atoms with Crippen LogP contribution < -0.4 is 10.9 Å². The normalized spacial score (nSPS) is 11.0. The molecule has 0 aliphatic rings. The first kappa shape index (κ1) is 18.5. The van der Waals surface area contributed by atoms with Gasteiger partial charge in [0.25, 0.3) is 5.56 Å². The largest absolute Gasteiger partial charge is 0.353 e. The van der Waals surface area contributed by atoms with Gasteiger partial charge in [-0.3, -0.25) is 14.6 Å². The molecule has 0 unspecified atom stereocenters. The fourth-order valence-corrected chi connectivity index (χ4v) is 3.04. The van der Waals surface area contributed by atoms with Crippen molar-refractivity contribution in [1.29, 1.82) is 0 Å². The molecular formula is C20H16FN5O3. The van der Waals surface area contributed by atoms with Crippen molar-refractivity contribution in [2.45, 2.75) is 20.4 Å². The van der Waals surface area contributed by atoms with Crippen LogP contribution in [0.3, 0.4) is 0 Å². The van der Waals surface area contributed by atoms with E-state index >= 15 is 0 Å². The molecule has 3 aromatic heterocycles. The lowest BCUT2D eigenvalue weighted by atomic mass is 10.1. The van der Waals surface area contributed by atoms with Gasteiger partial charge in [0.1, 0.15) is 16.9 Å². The van der Waals surface area contributed by atoms with Crippen molar-refractivity contribution in [2.75, 3.05) is 5.32 Å². The zero-order valence-electron chi connectivity index (χ0n) is 15.6. The summed E-state index contributed by atoms with van der Waals surface area (Å²) in [5.41, 5.74) is 1.93. The van der Waals surface area contributed by atoms with Gasteiger partial charge in [-0.15, -0.1) is 0 Å². The highest BCUT2D eigenvalue weighted by Crippen LogP contribution is 2.29. The fourth-order valence-electron chi connectivity index (χ4n) is 3.04. The number of hydrogen-bond acceptors (Lipinski definition) is 6. The second kappa shape index (κ2) is 7.27. The van der Waals surface area contributed by atoms with Crippen molar-refractivity contribution in [3.8, 4) is 11.3 Å². The molecule has 3 heterocycles. The Labute approximate surface area is 164 Å². The van der Waals surface area contributed by atoms with E-state index in [4.69, 9.17) is 4.52 Å². The van der Waals surface area contributed by atoms with E-state index in [0.29, 0.717) is 22.3 Å². The summed E-state index contributed by atoms with van der Waals surface area (Å²) < 4.78 is 20.7. The van der Waals surface area contributed by atoms with Crippen LogP contribution in [0.4, 0.5) is 10.1 Å². The predicted molar refractivity (Wildman–Crippen MR) is 104 cm³/mol. The molecule has 0 radical (unpaired) electrons. The molecule has 0 aliphatic carbocycles. The Morgan fingerprint density at radius 1 is 1.24 bits per heavy atom. The summed E-state index contributed by atoms with van der Waals surface area (Å²) in [6, 6.07) is 7.73. The number of pyridine rings is 1. The van der Waals surface area contributed by atoms with Crippen LogP contribution in [-0.4, -0.2) is 25.8 Å². The molecule has 0 fully saturated rings. The predicted octanol–water partition coefficient (Wildman–Crippen LogP) is 2.90. The maximum Gasteiger partial charge on any atom is 0.280 e. The number of aromatic nitrogens is 4. The van der Waals surface area contributed by atoms with Crippen LogP contribution in [0.5, 0.6) is 0 Å². The summed E-state index contributed by atoms with van der Waals surface area (Å²) in [6.45, 7) is 3.17. The highest BCUT2D eigenvalue weighted by atomic mass is 19.1. The minimum Gasteiger partial charge on any atom is -0.353 e. The fraction of sp³-hybridized carbons (Fsp3) is 0.150. The number of anilines is 1. The van der Waals surface area contributed by atoms with Gasteiger partial charge < -0.3 is 9.84 Å². The third kappa shape index (κ3) is 3.49. The van der Waals surface area contributed by atoms with Crippen LogP contribution in [0.15, 0.2) is 52.0 Å². The molecule has 0 saturated heterocycles. The number of carbonyl (C=O) groups excluding carboxylic acids is 1. The Morgan fingerprint density at radius 3 is 2.72 bits per heavy atom. The van der Waals surface area contributed by atoms with Crippen LogP contribution in [0.25, 0.3) is 22.2 Å². The number of fused-ring (bicyclic) bond motifs is 1. The van der Waals surface area contributed by atoms with E-state index in [2.05, 4.69) is 20.6 Å². The Morgan fingerprint density at radius 2 is 2.00 bits per heavy atom. The molecule has 0 spiro atoms. The number of halogens is 1. The summed E-state index contributed by atoms with van der Waals surface area (Å²) in [7, 11) is 0. The second-order valence-electron chi connectivity index (χ2n) is 6.51. The Hall–Kier alpha value is -3.88. The monoisotopic (exact) mass is 393 g/mol. The topological polar surface area (TPSA) is 103 Å². The minimum absolute atomic E-state index is 0.00747. The Balaban J connectivity index is 1.92. The van der Waals surface area contributed by atoms with Crippen molar-refractivity contribution >= 4 is 22.6 Å². The molecular weight excluding hydrogens is 377 g/mol. The quantitative estimate of drug-likeness (QED) is 0.572. The highest BCUT2D eigenvalue weighted by molar-refractivity contribution is 5.93. The van der Waals surface area contributed by atoms with E-state index in [9.17, 15) is 14.0 Å². The van der Waals surface area contributed by atoms with E-state index in [1.54, 1.807) is 31.5 Å². The number of rotatable bonds is 4. The molecule has 0 aliphatic heterocycles. The standard InChI is InChI=1S/C20H16FN5O3/c1-11-17-19(29-25-11)18(14-3-4-15(21)16(9-14)23-12(2)27)24-26(20(17)28)10-13-5-7-22-8-6-13/h3-9H,10H2,1-2H3,(H,23,27). The van der Waals surface area contributed by atoms with E-state index in [-0.39, 0.29) is 23.4 Å². The molecule has 0 saturated carbocycles. The summed E-state index contributed by atoms with van der Waals surface area (Å²) in [4.78, 5) is 28.3. The van der Waals surface area contributed by atoms with Gasteiger partial charge in [-0.05, 0) is 42.8 Å². The number of amides is 1. The first-order valence-corrected chi connectivity index (χ1v) is 8.77. The third-order valence-electron chi connectivity index (χ3n) is 4.38. The summed E-state index contributed by atoms with van der Waals surface area (Å²) in [6.07, 6.45) is 3.26. The summed E-state index contributed by atoms with van der Waals surface area (Å²) in [5.74, 6) is -0.989. The molecule has 0 atom stereocenters. The first-order chi connectivity index (χ1) is 13.9. The molecule has 146 valence electrons. The van der Waals surface area contributed by atoms with Crippen molar-refractivity contribution < 1.29 is 13.7 Å². The SMILES string of the molecule is CC(=O)Nc1cc(-c2nn(Cc3ccncc3)c(=O)c3c(C)noc23)ccc1F. The van der Waals surface area contributed by atoms with E-state index < -0.39 is 11.7 Å². The number of nitrogens with one attached hydrogen (secondary N) is 1. The maximum atomic E-state index is 14.1. The van der Waals surface area contributed by atoms with E-state index in [0.717, 1.165) is 5.56 Å². The van der Waals surface area contributed by atoms with Gasteiger partial charge in [0, 0.05) is 24.9 Å². The number of carbonyl (C=O) groups is 1. The van der Waals surface area contributed by atoms with Crippen molar-refractivity contribution in [3.05, 3.63) is 70.2 Å². The van der Waals surface area contributed by atoms with Crippen LogP contribution in [0.2, 0.25) is 0 Å². The Kier molecular flexibility index (Phi) is 4.63. The molecule has 9 heteroatoms. The van der Waals surface area contributed by atoms with Gasteiger partial charge in [-0.2, -0.15) is 5.10 Å². The van der Waals surface area contributed by atoms with Gasteiger partial charge in [0.15, 0.2) is 0 Å². The molecule has 1 amide bonds. The van der Waals surface area contributed by atoms with Crippen LogP contribution in [-0.2, 0) is 11.3 Å². The number of hydrogen-bond donors (Lipinski definition) is 1. The van der Waals surface area contributed by atoms with Crippen molar-refractivity contribution in [1.82, 2.24) is 19.9 Å². The van der Waals surface area contributed by atoms with Crippen molar-refractivity contribution in [2.24, 2.45) is 0 Å². The number of benzene rings is 1. The minimum atomic E-state index is -0.584. The molecule has 8 nitrogen and oxygen atoms in total. The summed E-state index contributed by atoms with van der Waals surface area (Å²) >= 11 is 0. The molecule has 4 rings (SSSR count). The van der Waals surface area contributed by atoms with Crippen LogP contribution >= 0.6 is 0 Å². The van der Waals surface area contributed by atoms with E-state index in [1.807, 2.05) is 0 Å². The zero-order valence-corrected chi connectivity index (χ0v) is 15.6. The lowest BCUT2D eigenvalue weighted by Gasteiger charge is -2.10. The van der Waals surface area contributed by atoms with Gasteiger partial charge in [-0.25, -0.2) is 9.07 Å². The lowest BCUT2D eigenvalue weighted by molar-refractivity contribution is -0.114. The average Bonchev–Trinajstić information content (AvgIpc) is 3.08. The highest BCUT2D eigenvalue weighted by Gasteiger charge is 2.20. The third-order valence-corrected chi connectivity index (χ3v) is 4.38. The molecule has 1 N–H and O–H groups in total. The summed E-state index contributed by atoms with van der Waals surface area (Å²) in [5, 5.41) is 11.1. The van der Waals surface area contributed by atoms with E-state index in [1.165, 1.54) is 29.8 Å². The van der Waals surface area contributed by atoms with Gasteiger partial charge >= 0.3 is 0 Å². The number of nitrogens with zero attached hydrogens (tertiary/aromatic N) is 4. The van der Waals surface area contributed by atoms with Crippen LogP contribution in [0, 0.1) is 12.7 Å². The molecule has 1 aromatic carbocycles. The first-order valence-electron chi connectivity index (χ1n) is 8.77. The Bertz CT molecular complexity index is 1280. The molecule has 29 heavy (non-hydrogen) atoms. The lowest BCUT2D eigenvalue weighted by Crippen LogP contribution is -2.24. The number of aryl methyl sites for hydroxylation is 1. The maximum absolute atomic E-state index is 14.1. The smallest absolute Gasteiger partial charge is 0.280 e. The van der Waals surface area contributed by atoms with Gasteiger partial charge in [0.05, 0.1) is 17.9 Å². The van der Waals surface area contributed by atoms with Crippen molar-refractivity contribution in [3.63, 3.8) is 0 Å². The molecule has 4 aromatic rings. The average molecular weight is 393 g/mol. The van der Waals surface area contributed by atoms with Crippen LogP contribution in [0.1, 0.15) is 18.2 Å². The zero-order chi connectivity index (χ0) is 20.5. The van der Waals surface area contributed by atoms with Gasteiger partial charge in [-0.1, -0.05) is 5.16 Å². The van der Waals surface area contributed by atoms with Gasteiger partial charge in [0.2, 0.25) is 11.5 Å².